The molecule has 26 heavy (non-hydrogen) atoms. The number of hydrogen-bond donors (Lipinski definition) is 3. The van der Waals surface area contributed by atoms with Gasteiger partial charge in [-0.2, -0.15) is 0 Å². The van der Waals surface area contributed by atoms with E-state index < -0.39 is 6.04 Å². The summed E-state index contributed by atoms with van der Waals surface area (Å²) in [4.78, 5) is 23.7. The summed E-state index contributed by atoms with van der Waals surface area (Å²) in [5.74, 6) is 0.559. The molecule has 0 radical (unpaired) electrons. The summed E-state index contributed by atoms with van der Waals surface area (Å²) >= 11 is 5.92. The molecule has 0 aliphatic carbocycles. The van der Waals surface area contributed by atoms with Crippen LogP contribution < -0.4 is 21.1 Å². The van der Waals surface area contributed by atoms with Crippen LogP contribution in [0.4, 0.5) is 5.69 Å². The number of halogens is 1. The van der Waals surface area contributed by atoms with Crippen LogP contribution in [0.3, 0.4) is 0 Å². The molecule has 0 aliphatic heterocycles. The van der Waals surface area contributed by atoms with Crippen molar-refractivity contribution in [1.82, 2.24) is 5.32 Å². The highest BCUT2D eigenvalue weighted by Gasteiger charge is 2.17. The van der Waals surface area contributed by atoms with E-state index in [1.165, 1.54) is 0 Å². The van der Waals surface area contributed by atoms with Gasteiger partial charge < -0.3 is 21.1 Å². The topological polar surface area (TPSA) is 93.5 Å². The van der Waals surface area contributed by atoms with Crippen LogP contribution in [0, 0.1) is 5.92 Å². The summed E-state index contributed by atoms with van der Waals surface area (Å²) in [6.45, 7) is 3.55. The summed E-state index contributed by atoms with van der Waals surface area (Å²) in [6.07, 6.45) is 0. The first-order valence-electron chi connectivity index (χ1n) is 8.22. The Morgan fingerprint density at radius 2 is 1.81 bits per heavy atom. The van der Waals surface area contributed by atoms with Crippen molar-refractivity contribution in [3.63, 3.8) is 0 Å². The molecule has 0 heterocycles. The Labute approximate surface area is 157 Å². The van der Waals surface area contributed by atoms with Crippen LogP contribution in [0.15, 0.2) is 48.5 Å². The zero-order chi connectivity index (χ0) is 19.1. The number of benzene rings is 2. The molecule has 0 fully saturated rings. The van der Waals surface area contributed by atoms with Crippen molar-refractivity contribution in [3.05, 3.63) is 53.6 Å². The van der Waals surface area contributed by atoms with Crippen LogP contribution >= 0.6 is 11.6 Å². The molecule has 2 rings (SSSR count). The van der Waals surface area contributed by atoms with Gasteiger partial charge in [0.25, 0.3) is 0 Å². The molecule has 0 bridgehead atoms. The van der Waals surface area contributed by atoms with Crippen LogP contribution in [0.1, 0.15) is 13.8 Å². The smallest absolute Gasteiger partial charge is 0.243 e. The normalized spacial score (nSPS) is 11.7. The van der Waals surface area contributed by atoms with Crippen molar-refractivity contribution in [2.75, 3.05) is 11.9 Å². The number of nitrogens with two attached hydrogens (primary N) is 1. The maximum absolute atomic E-state index is 11.9. The number of carbonyl (C=O) groups is 2. The second-order valence-corrected chi connectivity index (χ2v) is 6.56. The maximum Gasteiger partial charge on any atom is 0.243 e. The fourth-order valence-corrected chi connectivity index (χ4v) is 2.25. The van der Waals surface area contributed by atoms with Gasteiger partial charge in [0.05, 0.1) is 12.6 Å². The molecular formula is C19H22ClN3O3. The Hall–Kier alpha value is -2.57. The molecule has 0 unspecified atom stereocenters. The Kier molecular flexibility index (Phi) is 7.00. The Bertz CT molecular complexity index is 763. The van der Waals surface area contributed by atoms with Gasteiger partial charge in [-0.1, -0.05) is 31.5 Å². The van der Waals surface area contributed by atoms with Crippen molar-refractivity contribution in [3.8, 4) is 11.5 Å². The third-order valence-corrected chi connectivity index (χ3v) is 3.85. The van der Waals surface area contributed by atoms with E-state index in [9.17, 15) is 9.59 Å². The van der Waals surface area contributed by atoms with Gasteiger partial charge in [0, 0.05) is 10.7 Å². The number of anilines is 1. The summed E-state index contributed by atoms with van der Waals surface area (Å²) < 4.78 is 5.68. The molecule has 0 aliphatic rings. The van der Waals surface area contributed by atoms with Crippen molar-refractivity contribution < 1.29 is 14.3 Å². The highest BCUT2D eigenvalue weighted by atomic mass is 35.5. The van der Waals surface area contributed by atoms with Crippen LogP contribution in [0.2, 0.25) is 5.02 Å². The number of rotatable bonds is 7. The molecule has 0 saturated carbocycles. The van der Waals surface area contributed by atoms with Crippen LogP contribution in [0.25, 0.3) is 0 Å². The van der Waals surface area contributed by atoms with Crippen LogP contribution in [-0.2, 0) is 9.59 Å². The van der Waals surface area contributed by atoms with Crippen LogP contribution in [-0.4, -0.2) is 24.4 Å². The molecule has 2 amide bonds. The molecule has 2 aromatic rings. The lowest BCUT2D eigenvalue weighted by Crippen LogP contribution is -2.46. The molecule has 2 aromatic carbocycles. The summed E-state index contributed by atoms with van der Waals surface area (Å²) in [5.41, 5.74) is 6.32. The second kappa shape index (κ2) is 9.22. The highest BCUT2D eigenvalue weighted by molar-refractivity contribution is 6.30. The van der Waals surface area contributed by atoms with E-state index >= 15 is 0 Å². The average molecular weight is 376 g/mol. The van der Waals surface area contributed by atoms with Gasteiger partial charge in [-0.05, 0) is 48.4 Å². The minimum absolute atomic E-state index is 0.00472. The van der Waals surface area contributed by atoms with E-state index in [-0.39, 0.29) is 24.3 Å². The van der Waals surface area contributed by atoms with Crippen LogP contribution in [0.5, 0.6) is 11.5 Å². The number of carbonyl (C=O) groups excluding carboxylic acids is 2. The largest absolute Gasteiger partial charge is 0.457 e. The van der Waals surface area contributed by atoms with E-state index in [1.54, 1.807) is 48.5 Å². The predicted octanol–water partition coefficient (Wildman–Crippen LogP) is 3.17. The van der Waals surface area contributed by atoms with Gasteiger partial charge in [0.15, 0.2) is 0 Å². The predicted molar refractivity (Wildman–Crippen MR) is 102 cm³/mol. The lowest BCUT2D eigenvalue weighted by molar-refractivity contribution is -0.125. The zero-order valence-corrected chi connectivity index (χ0v) is 15.4. The molecule has 7 heteroatoms. The first-order valence-corrected chi connectivity index (χ1v) is 8.59. The minimum Gasteiger partial charge on any atom is -0.457 e. The van der Waals surface area contributed by atoms with Gasteiger partial charge in [0.1, 0.15) is 11.5 Å². The summed E-state index contributed by atoms with van der Waals surface area (Å²) in [7, 11) is 0. The monoisotopic (exact) mass is 375 g/mol. The van der Waals surface area contributed by atoms with E-state index in [1.807, 2.05) is 13.8 Å². The van der Waals surface area contributed by atoms with Gasteiger partial charge in [0.2, 0.25) is 11.8 Å². The second-order valence-electron chi connectivity index (χ2n) is 6.12. The fraction of sp³-hybridized carbons (Fsp3) is 0.263. The number of nitrogens with one attached hydrogen (secondary N) is 2. The number of ether oxygens (including phenoxy) is 1. The molecule has 6 nitrogen and oxygen atoms in total. The zero-order valence-electron chi connectivity index (χ0n) is 14.7. The number of hydrogen-bond acceptors (Lipinski definition) is 4. The highest BCUT2D eigenvalue weighted by Crippen LogP contribution is 2.25. The number of amides is 2. The molecule has 1 atom stereocenters. The quantitative estimate of drug-likeness (QED) is 0.692. The van der Waals surface area contributed by atoms with E-state index in [0.29, 0.717) is 22.2 Å². The standard InChI is InChI=1S/C19H22ClN3O3/c1-12(2)18(21)19(25)22-11-17(24)23-14-6-8-15(9-7-14)26-16-5-3-4-13(20)10-16/h3-10,12,18H,11,21H2,1-2H3,(H,22,25)(H,23,24)/t18-/m0/s1. The molecule has 138 valence electrons. The summed E-state index contributed by atoms with van der Waals surface area (Å²) in [5, 5.41) is 5.80. The maximum atomic E-state index is 11.9. The summed E-state index contributed by atoms with van der Waals surface area (Å²) in [6, 6.07) is 13.3. The minimum atomic E-state index is -0.634. The molecule has 0 spiro atoms. The lowest BCUT2D eigenvalue weighted by atomic mass is 10.1. The van der Waals surface area contributed by atoms with Crippen molar-refractivity contribution in [2.24, 2.45) is 11.7 Å². The molecule has 0 aromatic heterocycles. The van der Waals surface area contributed by atoms with E-state index in [4.69, 9.17) is 22.1 Å². The van der Waals surface area contributed by atoms with Gasteiger partial charge in [-0.25, -0.2) is 0 Å². The Morgan fingerprint density at radius 1 is 1.12 bits per heavy atom. The van der Waals surface area contributed by atoms with Crippen molar-refractivity contribution in [1.29, 1.82) is 0 Å². The first kappa shape index (κ1) is 19.8. The first-order chi connectivity index (χ1) is 12.3. The third-order valence-electron chi connectivity index (χ3n) is 3.61. The molecule has 0 saturated heterocycles. The van der Waals surface area contributed by atoms with Gasteiger partial charge >= 0.3 is 0 Å². The SMILES string of the molecule is CC(C)[C@H](N)C(=O)NCC(=O)Nc1ccc(Oc2cccc(Cl)c2)cc1. The average Bonchev–Trinajstić information content (AvgIpc) is 2.60. The van der Waals surface area contributed by atoms with E-state index in [2.05, 4.69) is 10.6 Å². The van der Waals surface area contributed by atoms with E-state index in [0.717, 1.165) is 0 Å². The van der Waals surface area contributed by atoms with Crippen molar-refractivity contribution >= 4 is 29.1 Å². The van der Waals surface area contributed by atoms with Gasteiger partial charge in [-0.15, -0.1) is 0 Å². The molecule has 4 N–H and O–H groups in total. The van der Waals surface area contributed by atoms with Crippen molar-refractivity contribution in [2.45, 2.75) is 19.9 Å². The lowest BCUT2D eigenvalue weighted by Gasteiger charge is -2.15. The Balaban J connectivity index is 1.84. The molecular weight excluding hydrogens is 354 g/mol. The Morgan fingerprint density at radius 3 is 2.42 bits per heavy atom. The third kappa shape index (κ3) is 6.06. The van der Waals surface area contributed by atoms with Gasteiger partial charge in [-0.3, -0.25) is 9.59 Å². The fourth-order valence-electron chi connectivity index (χ4n) is 2.07.